The Labute approximate surface area is 118 Å². The third kappa shape index (κ3) is 3.81. The molecule has 1 saturated carbocycles. The molecule has 2 nitrogen and oxygen atoms in total. The van der Waals surface area contributed by atoms with Gasteiger partial charge >= 0.3 is 0 Å². The summed E-state index contributed by atoms with van der Waals surface area (Å²) in [6.07, 6.45) is 4.18. The molecule has 1 unspecified atom stereocenters. The summed E-state index contributed by atoms with van der Waals surface area (Å²) in [6.45, 7) is 3.26. The van der Waals surface area contributed by atoms with Gasteiger partial charge in [0.25, 0.3) is 0 Å². The number of aliphatic hydroxyl groups is 1. The third-order valence-electron chi connectivity index (χ3n) is 3.90. The highest BCUT2D eigenvalue weighted by Gasteiger charge is 2.19. The van der Waals surface area contributed by atoms with Gasteiger partial charge in [-0.25, -0.2) is 0 Å². The van der Waals surface area contributed by atoms with Gasteiger partial charge in [0.2, 0.25) is 0 Å². The molecular formula is C15H22BrNO. The number of hydrogen-bond acceptors (Lipinski definition) is 2. The Kier molecular flexibility index (Phi) is 5.22. The fourth-order valence-corrected chi connectivity index (χ4v) is 3.26. The van der Waals surface area contributed by atoms with Crippen LogP contribution in [-0.4, -0.2) is 17.8 Å². The van der Waals surface area contributed by atoms with Crippen molar-refractivity contribution < 1.29 is 5.11 Å². The zero-order valence-corrected chi connectivity index (χ0v) is 12.5. The second-order valence-electron chi connectivity index (χ2n) is 5.33. The maximum atomic E-state index is 9.49. The molecule has 0 saturated heterocycles. The lowest BCUT2D eigenvalue weighted by Gasteiger charge is -2.27. The van der Waals surface area contributed by atoms with E-state index in [2.05, 4.69) is 46.4 Å². The van der Waals surface area contributed by atoms with Crippen LogP contribution in [0.2, 0.25) is 0 Å². The van der Waals surface area contributed by atoms with Gasteiger partial charge in [0.15, 0.2) is 0 Å². The van der Waals surface area contributed by atoms with Gasteiger partial charge < -0.3 is 10.4 Å². The molecule has 0 spiro atoms. The van der Waals surface area contributed by atoms with E-state index in [4.69, 9.17) is 0 Å². The van der Waals surface area contributed by atoms with E-state index in [1.54, 1.807) is 0 Å². The average molecular weight is 312 g/mol. The Bertz CT molecular complexity index is 375. The van der Waals surface area contributed by atoms with E-state index in [0.29, 0.717) is 6.04 Å². The molecule has 0 heterocycles. The van der Waals surface area contributed by atoms with Crippen molar-refractivity contribution in [2.75, 3.05) is 6.54 Å². The number of hydrogen-bond donors (Lipinski definition) is 2. The monoisotopic (exact) mass is 311 g/mol. The minimum absolute atomic E-state index is 0.0538. The smallest absolute Gasteiger partial charge is 0.0540 e. The van der Waals surface area contributed by atoms with Crippen LogP contribution in [0.3, 0.4) is 0 Å². The van der Waals surface area contributed by atoms with E-state index in [0.717, 1.165) is 38.1 Å². The SMILES string of the molecule is CC(NCC1CCC(O)CC1)c1ccccc1Br. The van der Waals surface area contributed by atoms with Gasteiger partial charge in [-0.3, -0.25) is 0 Å². The first-order valence-electron chi connectivity index (χ1n) is 6.82. The standard InChI is InChI=1S/C15H22BrNO/c1-11(14-4-2-3-5-15(14)16)17-10-12-6-8-13(18)9-7-12/h2-5,11-13,17-18H,6-10H2,1H3. The minimum Gasteiger partial charge on any atom is -0.393 e. The van der Waals surface area contributed by atoms with Crippen LogP contribution >= 0.6 is 15.9 Å². The van der Waals surface area contributed by atoms with Gasteiger partial charge in [0, 0.05) is 10.5 Å². The number of rotatable bonds is 4. The van der Waals surface area contributed by atoms with Gasteiger partial charge in [0.05, 0.1) is 6.10 Å². The highest BCUT2D eigenvalue weighted by Crippen LogP contribution is 2.26. The molecular weight excluding hydrogens is 290 g/mol. The van der Waals surface area contributed by atoms with Crippen LogP contribution in [0.1, 0.15) is 44.2 Å². The number of benzene rings is 1. The third-order valence-corrected chi connectivity index (χ3v) is 4.62. The van der Waals surface area contributed by atoms with Crippen molar-refractivity contribution >= 4 is 15.9 Å². The van der Waals surface area contributed by atoms with Crippen LogP contribution in [0, 0.1) is 5.92 Å². The molecule has 2 rings (SSSR count). The molecule has 0 bridgehead atoms. The van der Waals surface area contributed by atoms with E-state index >= 15 is 0 Å². The van der Waals surface area contributed by atoms with Gasteiger partial charge in [-0.05, 0) is 56.7 Å². The summed E-state index contributed by atoms with van der Waals surface area (Å²) in [7, 11) is 0. The van der Waals surface area contributed by atoms with E-state index in [9.17, 15) is 5.11 Å². The van der Waals surface area contributed by atoms with Crippen molar-refractivity contribution in [1.29, 1.82) is 0 Å². The normalized spacial score (nSPS) is 25.9. The first kappa shape index (κ1) is 14.0. The Morgan fingerprint density at radius 2 is 1.94 bits per heavy atom. The summed E-state index contributed by atoms with van der Waals surface area (Å²) >= 11 is 3.60. The van der Waals surface area contributed by atoms with Gasteiger partial charge in [-0.1, -0.05) is 34.1 Å². The lowest BCUT2D eigenvalue weighted by Crippen LogP contribution is -2.29. The maximum Gasteiger partial charge on any atom is 0.0540 e. The molecule has 2 N–H and O–H groups in total. The molecule has 100 valence electrons. The molecule has 1 aliphatic carbocycles. The van der Waals surface area contributed by atoms with Crippen LogP contribution in [0.15, 0.2) is 28.7 Å². The summed E-state index contributed by atoms with van der Waals surface area (Å²) in [5.74, 6) is 0.721. The largest absolute Gasteiger partial charge is 0.393 e. The quantitative estimate of drug-likeness (QED) is 0.889. The Hall–Kier alpha value is -0.380. The van der Waals surface area contributed by atoms with Gasteiger partial charge in [-0.15, -0.1) is 0 Å². The molecule has 1 atom stereocenters. The highest BCUT2D eigenvalue weighted by molar-refractivity contribution is 9.10. The van der Waals surface area contributed by atoms with E-state index in [1.165, 1.54) is 10.0 Å². The van der Waals surface area contributed by atoms with Crippen molar-refractivity contribution in [3.8, 4) is 0 Å². The van der Waals surface area contributed by atoms with Crippen molar-refractivity contribution in [2.45, 2.75) is 44.8 Å². The first-order chi connectivity index (χ1) is 8.66. The highest BCUT2D eigenvalue weighted by atomic mass is 79.9. The second-order valence-corrected chi connectivity index (χ2v) is 6.18. The molecule has 0 radical (unpaired) electrons. The summed E-state index contributed by atoms with van der Waals surface area (Å²) in [6, 6.07) is 8.74. The fraction of sp³-hybridized carbons (Fsp3) is 0.600. The van der Waals surface area contributed by atoms with Crippen LogP contribution in [0.25, 0.3) is 0 Å². The topological polar surface area (TPSA) is 32.3 Å². The minimum atomic E-state index is -0.0538. The molecule has 1 aromatic carbocycles. The van der Waals surface area contributed by atoms with Crippen molar-refractivity contribution in [3.05, 3.63) is 34.3 Å². The number of halogens is 1. The van der Waals surface area contributed by atoms with Gasteiger partial charge in [0.1, 0.15) is 0 Å². The molecule has 0 aromatic heterocycles. The Balaban J connectivity index is 1.81. The molecule has 1 fully saturated rings. The van der Waals surface area contributed by atoms with Crippen LogP contribution in [0.5, 0.6) is 0 Å². The molecule has 18 heavy (non-hydrogen) atoms. The zero-order valence-electron chi connectivity index (χ0n) is 10.9. The summed E-state index contributed by atoms with van der Waals surface area (Å²) in [5, 5.41) is 13.1. The zero-order chi connectivity index (χ0) is 13.0. The molecule has 1 aromatic rings. The fourth-order valence-electron chi connectivity index (χ4n) is 2.63. The maximum absolute atomic E-state index is 9.49. The number of nitrogens with one attached hydrogen (secondary N) is 1. The molecule has 0 amide bonds. The molecule has 1 aliphatic rings. The lowest BCUT2D eigenvalue weighted by molar-refractivity contribution is 0.108. The predicted octanol–water partition coefficient (Wildman–Crippen LogP) is 3.65. The van der Waals surface area contributed by atoms with Crippen molar-refractivity contribution in [2.24, 2.45) is 5.92 Å². The van der Waals surface area contributed by atoms with Crippen LogP contribution < -0.4 is 5.32 Å². The van der Waals surface area contributed by atoms with E-state index < -0.39 is 0 Å². The van der Waals surface area contributed by atoms with E-state index in [1.807, 2.05) is 6.07 Å². The summed E-state index contributed by atoms with van der Waals surface area (Å²) in [4.78, 5) is 0. The number of aliphatic hydroxyl groups excluding tert-OH is 1. The lowest BCUT2D eigenvalue weighted by atomic mass is 9.87. The van der Waals surface area contributed by atoms with Crippen molar-refractivity contribution in [1.82, 2.24) is 5.32 Å². The summed E-state index contributed by atoms with van der Waals surface area (Å²) in [5.41, 5.74) is 1.31. The van der Waals surface area contributed by atoms with E-state index in [-0.39, 0.29) is 6.10 Å². The molecule has 0 aliphatic heterocycles. The van der Waals surface area contributed by atoms with Gasteiger partial charge in [-0.2, -0.15) is 0 Å². The summed E-state index contributed by atoms with van der Waals surface area (Å²) < 4.78 is 1.17. The second kappa shape index (κ2) is 6.69. The van der Waals surface area contributed by atoms with Crippen LogP contribution in [-0.2, 0) is 0 Å². The predicted molar refractivity (Wildman–Crippen MR) is 78.5 cm³/mol. The Morgan fingerprint density at radius 1 is 1.28 bits per heavy atom. The van der Waals surface area contributed by atoms with Crippen molar-refractivity contribution in [3.63, 3.8) is 0 Å². The molecule has 3 heteroatoms. The first-order valence-corrected chi connectivity index (χ1v) is 7.62. The Morgan fingerprint density at radius 3 is 2.61 bits per heavy atom. The average Bonchev–Trinajstić information content (AvgIpc) is 2.38. The van der Waals surface area contributed by atoms with Crippen LogP contribution in [0.4, 0.5) is 0 Å².